The van der Waals surface area contributed by atoms with Gasteiger partial charge < -0.3 is 28.4 Å². The molecule has 0 atom stereocenters. The van der Waals surface area contributed by atoms with Gasteiger partial charge in [0, 0.05) is 35.5 Å². The maximum atomic E-state index is 11.4. The number of morpholine rings is 1. The maximum absolute atomic E-state index is 11.4. The Hall–Kier alpha value is -4.69. The van der Waals surface area contributed by atoms with Crippen LogP contribution in [0.2, 0.25) is 0 Å². The van der Waals surface area contributed by atoms with Crippen molar-refractivity contribution in [3.63, 3.8) is 0 Å². The van der Waals surface area contributed by atoms with Gasteiger partial charge in [-0.3, -0.25) is 0 Å². The zero-order chi connectivity index (χ0) is 25.9. The zero-order valence-electron chi connectivity index (χ0n) is 20.2. The molecule has 0 spiro atoms. The van der Waals surface area contributed by atoms with Gasteiger partial charge in [-0.1, -0.05) is 17.3 Å². The van der Waals surface area contributed by atoms with E-state index in [1.807, 2.05) is 24.3 Å². The number of nitrogens with zero attached hydrogens (tertiary/aromatic N) is 5. The van der Waals surface area contributed by atoms with E-state index in [0.717, 1.165) is 30.7 Å². The summed E-state index contributed by atoms with van der Waals surface area (Å²) in [5, 5.41) is 23.4. The Balaban J connectivity index is 1.56. The number of aromatic nitrogens is 3. The third kappa shape index (κ3) is 4.74. The van der Waals surface area contributed by atoms with Crippen LogP contribution in [0.25, 0.3) is 22.4 Å². The van der Waals surface area contributed by atoms with Crippen molar-refractivity contribution in [3.8, 4) is 34.3 Å². The number of carbonyl (C=O) groups is 1. The number of oxazole rings is 1. The first-order chi connectivity index (χ1) is 18.0. The molecule has 11 heteroatoms. The smallest absolute Gasteiger partial charge is 0.373 e. The minimum absolute atomic E-state index is 0.0339. The van der Waals surface area contributed by atoms with Crippen LogP contribution >= 0.6 is 0 Å². The number of hydrogen-bond acceptors (Lipinski definition) is 10. The first-order valence-electron chi connectivity index (χ1n) is 11.6. The van der Waals surface area contributed by atoms with Gasteiger partial charge in [-0.15, -0.1) is 0 Å². The molecule has 1 aliphatic rings. The number of anilines is 1. The zero-order valence-corrected chi connectivity index (χ0v) is 20.2. The molecule has 1 saturated heterocycles. The fraction of sp³-hybridized carbons (Fsp3) is 0.269. The normalized spacial score (nSPS) is 13.4. The first kappa shape index (κ1) is 24.0. The lowest BCUT2D eigenvalue weighted by molar-refractivity contribution is 0.0658. The summed E-state index contributed by atoms with van der Waals surface area (Å²) in [6, 6.07) is 11.9. The van der Waals surface area contributed by atoms with Crippen LogP contribution in [0.4, 0.5) is 5.69 Å². The lowest BCUT2D eigenvalue weighted by Gasteiger charge is -2.28. The second-order valence-corrected chi connectivity index (χ2v) is 8.41. The van der Waals surface area contributed by atoms with E-state index >= 15 is 0 Å². The average molecular weight is 501 g/mol. The van der Waals surface area contributed by atoms with Gasteiger partial charge in [0.15, 0.2) is 6.39 Å². The van der Waals surface area contributed by atoms with Crippen molar-refractivity contribution in [1.82, 2.24) is 15.1 Å². The second-order valence-electron chi connectivity index (χ2n) is 8.41. The van der Waals surface area contributed by atoms with Gasteiger partial charge in [0.2, 0.25) is 11.6 Å². The van der Waals surface area contributed by atoms with Crippen molar-refractivity contribution in [2.45, 2.75) is 20.5 Å². The Kier molecular flexibility index (Phi) is 6.57. The molecule has 4 aromatic rings. The Morgan fingerprint density at radius 3 is 2.62 bits per heavy atom. The Morgan fingerprint density at radius 2 is 1.97 bits per heavy atom. The molecule has 1 N–H and O–H groups in total. The van der Waals surface area contributed by atoms with E-state index in [1.54, 1.807) is 19.9 Å². The molecule has 0 aliphatic carbocycles. The number of ether oxygens (including phenoxy) is 2. The highest BCUT2D eigenvalue weighted by Crippen LogP contribution is 2.37. The fourth-order valence-electron chi connectivity index (χ4n) is 4.29. The molecule has 188 valence electrons. The SMILES string of the molecule is Cc1noc(C)c1-c1cc(-c2ccc(N3CCOCC3)cc2)nc(OCc2ncoc2C(=O)O)c1C#N. The van der Waals surface area contributed by atoms with Crippen LogP contribution in [0, 0.1) is 25.2 Å². The molecular weight excluding hydrogens is 478 g/mol. The molecule has 1 aromatic carbocycles. The first-order valence-corrected chi connectivity index (χ1v) is 11.6. The van der Waals surface area contributed by atoms with E-state index in [2.05, 4.69) is 26.1 Å². The molecule has 1 fully saturated rings. The van der Waals surface area contributed by atoms with Crippen molar-refractivity contribution in [3.05, 3.63) is 65.2 Å². The van der Waals surface area contributed by atoms with Crippen molar-refractivity contribution in [2.75, 3.05) is 31.2 Å². The lowest BCUT2D eigenvalue weighted by Crippen LogP contribution is -2.36. The summed E-state index contributed by atoms with van der Waals surface area (Å²) < 4.78 is 21.6. The fourth-order valence-corrected chi connectivity index (χ4v) is 4.29. The third-order valence-corrected chi connectivity index (χ3v) is 6.12. The monoisotopic (exact) mass is 501 g/mol. The highest BCUT2D eigenvalue weighted by Gasteiger charge is 2.23. The predicted molar refractivity (Wildman–Crippen MR) is 130 cm³/mol. The van der Waals surface area contributed by atoms with Crippen LogP contribution < -0.4 is 9.64 Å². The molecule has 11 nitrogen and oxygen atoms in total. The molecule has 0 bridgehead atoms. The summed E-state index contributed by atoms with van der Waals surface area (Å²) in [4.78, 5) is 22.2. The van der Waals surface area contributed by atoms with E-state index in [0.29, 0.717) is 41.5 Å². The number of carboxylic acids is 1. The molecule has 5 rings (SSSR count). The molecule has 0 radical (unpaired) electrons. The number of benzene rings is 1. The summed E-state index contributed by atoms with van der Waals surface area (Å²) in [6.07, 6.45) is 1.03. The summed E-state index contributed by atoms with van der Waals surface area (Å²) in [5.74, 6) is -1.02. The highest BCUT2D eigenvalue weighted by molar-refractivity contribution is 5.85. The molecule has 0 saturated carbocycles. The van der Waals surface area contributed by atoms with Crippen molar-refractivity contribution < 1.29 is 28.3 Å². The minimum atomic E-state index is -1.27. The number of rotatable bonds is 7. The summed E-state index contributed by atoms with van der Waals surface area (Å²) in [6.45, 7) is 6.33. The number of aromatic carboxylic acids is 1. The summed E-state index contributed by atoms with van der Waals surface area (Å²) in [5.41, 5.74) is 4.54. The van der Waals surface area contributed by atoms with Crippen molar-refractivity contribution in [2.24, 2.45) is 0 Å². The van der Waals surface area contributed by atoms with Crippen LogP contribution in [-0.4, -0.2) is 52.5 Å². The maximum Gasteiger partial charge on any atom is 0.373 e. The van der Waals surface area contributed by atoms with Crippen LogP contribution in [0.5, 0.6) is 5.88 Å². The van der Waals surface area contributed by atoms with Gasteiger partial charge in [-0.2, -0.15) is 5.26 Å². The minimum Gasteiger partial charge on any atom is -0.475 e. The van der Waals surface area contributed by atoms with E-state index < -0.39 is 5.97 Å². The number of aryl methyl sites for hydroxylation is 2. The second kappa shape index (κ2) is 10.1. The summed E-state index contributed by atoms with van der Waals surface area (Å²) in [7, 11) is 0. The molecule has 3 aromatic heterocycles. The number of carboxylic acid groups (broad SMARTS) is 1. The van der Waals surface area contributed by atoms with Crippen LogP contribution in [0.15, 0.2) is 45.7 Å². The molecule has 4 heterocycles. The van der Waals surface area contributed by atoms with Crippen LogP contribution in [-0.2, 0) is 11.3 Å². The van der Waals surface area contributed by atoms with Crippen molar-refractivity contribution in [1.29, 1.82) is 5.26 Å². The molecule has 0 amide bonds. The highest BCUT2D eigenvalue weighted by atomic mass is 16.5. The number of nitriles is 1. The molecular formula is C26H23N5O6. The van der Waals surface area contributed by atoms with Crippen LogP contribution in [0.3, 0.4) is 0 Å². The van der Waals surface area contributed by atoms with Gasteiger partial charge >= 0.3 is 5.97 Å². The predicted octanol–water partition coefficient (Wildman–Crippen LogP) is 3.99. The Morgan fingerprint density at radius 1 is 1.22 bits per heavy atom. The third-order valence-electron chi connectivity index (χ3n) is 6.12. The van der Waals surface area contributed by atoms with Crippen LogP contribution in [0.1, 0.15) is 33.3 Å². The van der Waals surface area contributed by atoms with Gasteiger partial charge in [0.1, 0.15) is 29.7 Å². The number of pyridine rings is 1. The van der Waals surface area contributed by atoms with E-state index in [1.165, 1.54) is 0 Å². The average Bonchev–Trinajstić information content (AvgIpc) is 3.53. The van der Waals surface area contributed by atoms with E-state index in [4.69, 9.17) is 18.4 Å². The molecule has 37 heavy (non-hydrogen) atoms. The van der Waals surface area contributed by atoms with E-state index in [-0.39, 0.29) is 29.5 Å². The summed E-state index contributed by atoms with van der Waals surface area (Å²) >= 11 is 0. The number of hydrogen-bond donors (Lipinski definition) is 1. The lowest BCUT2D eigenvalue weighted by atomic mass is 9.97. The van der Waals surface area contributed by atoms with Gasteiger partial charge in [-0.05, 0) is 32.0 Å². The Labute approximate surface area is 211 Å². The van der Waals surface area contributed by atoms with Gasteiger partial charge in [-0.25, -0.2) is 14.8 Å². The van der Waals surface area contributed by atoms with E-state index in [9.17, 15) is 15.2 Å². The van der Waals surface area contributed by atoms with Gasteiger partial charge in [0.25, 0.3) is 0 Å². The Bertz CT molecular complexity index is 1460. The largest absolute Gasteiger partial charge is 0.475 e. The van der Waals surface area contributed by atoms with Gasteiger partial charge in [0.05, 0.1) is 24.6 Å². The van der Waals surface area contributed by atoms with Crippen molar-refractivity contribution >= 4 is 11.7 Å². The quantitative estimate of drug-likeness (QED) is 0.392. The molecule has 1 aliphatic heterocycles. The topological polar surface area (TPSA) is 148 Å². The molecule has 0 unspecified atom stereocenters. The standard InChI is InChI=1S/C26H23N5O6/c1-15-23(16(2)37-30-15)19-11-21(17-3-5-18(6-4-17)31-7-9-34-10-8-31)29-25(20(19)12-27)35-13-22-24(26(32)33)36-14-28-22/h3-6,11,14H,7-10,13H2,1-2H3,(H,32,33).